The molecule has 0 unspecified atom stereocenters. The molecule has 9 heteroatoms. The second-order valence-corrected chi connectivity index (χ2v) is 10.3. The van der Waals surface area contributed by atoms with Crippen molar-refractivity contribution >= 4 is 42.6 Å². The standard InChI is InChI=1S/C21H17BrFNO5S/c22-14-5-6-16-18(25)10-20(29-19(16)9-14)21(26)24(15-7-8-30(27,28)12-15)11-13-3-1-2-4-17(13)23/h1-6,9-10,15H,7-8,11-12H2/t15-/m0/s1. The maximum absolute atomic E-state index is 14.2. The summed E-state index contributed by atoms with van der Waals surface area (Å²) in [4.78, 5) is 27.1. The van der Waals surface area contributed by atoms with Gasteiger partial charge in [-0.15, -0.1) is 0 Å². The summed E-state index contributed by atoms with van der Waals surface area (Å²) in [6.07, 6.45) is 0.242. The van der Waals surface area contributed by atoms with E-state index in [4.69, 9.17) is 4.42 Å². The molecular formula is C21H17BrFNO5S. The van der Waals surface area contributed by atoms with Gasteiger partial charge in [-0.05, 0) is 30.7 Å². The smallest absolute Gasteiger partial charge is 0.290 e. The first-order valence-electron chi connectivity index (χ1n) is 9.22. The molecule has 1 aliphatic heterocycles. The predicted octanol–water partition coefficient (Wildman–Crippen LogP) is 3.52. The van der Waals surface area contributed by atoms with E-state index in [2.05, 4.69) is 15.9 Å². The number of benzene rings is 2. The van der Waals surface area contributed by atoms with Gasteiger partial charge in [0.15, 0.2) is 21.0 Å². The lowest BCUT2D eigenvalue weighted by Crippen LogP contribution is -2.41. The van der Waals surface area contributed by atoms with E-state index in [1.165, 1.54) is 23.1 Å². The highest BCUT2D eigenvalue weighted by Gasteiger charge is 2.36. The molecule has 30 heavy (non-hydrogen) atoms. The van der Waals surface area contributed by atoms with Crippen molar-refractivity contribution in [3.63, 3.8) is 0 Å². The van der Waals surface area contributed by atoms with Crippen LogP contribution in [0.4, 0.5) is 4.39 Å². The van der Waals surface area contributed by atoms with Gasteiger partial charge in [0.1, 0.15) is 11.4 Å². The Morgan fingerprint density at radius 2 is 1.97 bits per heavy atom. The van der Waals surface area contributed by atoms with Gasteiger partial charge < -0.3 is 9.32 Å². The van der Waals surface area contributed by atoms with Crippen molar-refractivity contribution in [3.8, 4) is 0 Å². The minimum Gasteiger partial charge on any atom is -0.451 e. The number of halogens is 2. The van der Waals surface area contributed by atoms with Crippen molar-refractivity contribution in [1.29, 1.82) is 0 Å². The number of carbonyl (C=O) groups is 1. The molecule has 1 fully saturated rings. The summed E-state index contributed by atoms with van der Waals surface area (Å²) >= 11 is 3.30. The summed E-state index contributed by atoms with van der Waals surface area (Å²) in [6.45, 7) is -0.133. The maximum atomic E-state index is 14.2. The monoisotopic (exact) mass is 493 g/mol. The third-order valence-electron chi connectivity index (χ3n) is 5.11. The fourth-order valence-electron chi connectivity index (χ4n) is 3.57. The molecule has 3 aromatic rings. The summed E-state index contributed by atoms with van der Waals surface area (Å²) < 4.78 is 44.6. The normalized spacial score (nSPS) is 17.9. The summed E-state index contributed by atoms with van der Waals surface area (Å²) in [5, 5.41) is 0.318. The van der Waals surface area contributed by atoms with Crippen LogP contribution in [0.2, 0.25) is 0 Å². The van der Waals surface area contributed by atoms with Crippen molar-refractivity contribution < 1.29 is 22.0 Å². The number of amides is 1. The predicted molar refractivity (Wildman–Crippen MR) is 114 cm³/mol. The largest absolute Gasteiger partial charge is 0.451 e. The van der Waals surface area contributed by atoms with Crippen LogP contribution in [-0.4, -0.2) is 36.8 Å². The molecule has 4 rings (SSSR count). The highest BCUT2D eigenvalue weighted by atomic mass is 79.9. The van der Waals surface area contributed by atoms with Gasteiger partial charge in [0.25, 0.3) is 5.91 Å². The topological polar surface area (TPSA) is 84.7 Å². The van der Waals surface area contributed by atoms with E-state index >= 15 is 0 Å². The van der Waals surface area contributed by atoms with Crippen molar-refractivity contribution in [2.24, 2.45) is 0 Å². The Balaban J connectivity index is 1.76. The van der Waals surface area contributed by atoms with Crippen molar-refractivity contribution in [2.45, 2.75) is 19.0 Å². The number of rotatable bonds is 4. The molecule has 6 nitrogen and oxygen atoms in total. The van der Waals surface area contributed by atoms with Crippen LogP contribution in [0.3, 0.4) is 0 Å². The van der Waals surface area contributed by atoms with Crippen LogP contribution in [0.1, 0.15) is 22.5 Å². The number of hydrogen-bond donors (Lipinski definition) is 0. The minimum absolute atomic E-state index is 0.0483. The Morgan fingerprint density at radius 3 is 2.67 bits per heavy atom. The van der Waals surface area contributed by atoms with Gasteiger partial charge in [0, 0.05) is 28.7 Å². The molecule has 1 amide bonds. The van der Waals surface area contributed by atoms with Crippen LogP contribution in [0.25, 0.3) is 11.0 Å². The highest BCUT2D eigenvalue weighted by Crippen LogP contribution is 2.25. The molecule has 1 saturated heterocycles. The van der Waals surface area contributed by atoms with Crippen LogP contribution in [-0.2, 0) is 16.4 Å². The van der Waals surface area contributed by atoms with Crippen LogP contribution in [0, 0.1) is 5.82 Å². The molecular weight excluding hydrogens is 477 g/mol. The Hall–Kier alpha value is -2.52. The third-order valence-corrected chi connectivity index (χ3v) is 7.35. The first kappa shape index (κ1) is 20.7. The van der Waals surface area contributed by atoms with Crippen LogP contribution in [0.15, 0.2) is 62.2 Å². The minimum atomic E-state index is -3.29. The van der Waals surface area contributed by atoms with E-state index in [0.717, 1.165) is 6.07 Å². The lowest BCUT2D eigenvalue weighted by atomic mass is 10.1. The fourth-order valence-corrected chi connectivity index (χ4v) is 5.64. The summed E-state index contributed by atoms with van der Waals surface area (Å²) in [5.41, 5.74) is 0.0862. The van der Waals surface area contributed by atoms with E-state index in [1.54, 1.807) is 24.3 Å². The Bertz CT molecular complexity index is 1300. The van der Waals surface area contributed by atoms with E-state index in [9.17, 15) is 22.4 Å². The average molecular weight is 494 g/mol. The molecule has 1 aliphatic rings. The van der Waals surface area contributed by atoms with E-state index < -0.39 is 33.0 Å². The molecule has 0 saturated carbocycles. The third kappa shape index (κ3) is 4.17. The molecule has 0 bridgehead atoms. The number of carbonyl (C=O) groups excluding carboxylic acids is 1. The maximum Gasteiger partial charge on any atom is 0.290 e. The number of hydrogen-bond acceptors (Lipinski definition) is 5. The molecule has 1 atom stereocenters. The lowest BCUT2D eigenvalue weighted by molar-refractivity contribution is 0.0646. The first-order chi connectivity index (χ1) is 14.2. The van der Waals surface area contributed by atoms with Gasteiger partial charge in [-0.25, -0.2) is 12.8 Å². The van der Waals surface area contributed by atoms with Gasteiger partial charge in [0.05, 0.1) is 16.9 Å². The van der Waals surface area contributed by atoms with E-state index in [1.807, 2.05) is 0 Å². The van der Waals surface area contributed by atoms with Gasteiger partial charge in [-0.3, -0.25) is 9.59 Å². The quantitative estimate of drug-likeness (QED) is 0.554. The average Bonchev–Trinajstić information content (AvgIpc) is 3.06. The number of nitrogens with zero attached hydrogens (tertiary/aromatic N) is 1. The molecule has 0 spiro atoms. The van der Waals surface area contributed by atoms with Gasteiger partial charge in [-0.2, -0.15) is 0 Å². The zero-order valence-electron chi connectivity index (χ0n) is 15.7. The van der Waals surface area contributed by atoms with Gasteiger partial charge in [0.2, 0.25) is 0 Å². The summed E-state index contributed by atoms with van der Waals surface area (Å²) in [6, 6.07) is 11.3. The number of fused-ring (bicyclic) bond motifs is 1. The second kappa shape index (κ2) is 7.96. The molecule has 2 heterocycles. The van der Waals surface area contributed by atoms with Crippen molar-refractivity contribution in [2.75, 3.05) is 11.5 Å². The molecule has 1 aromatic heterocycles. The Labute approximate surface area is 180 Å². The first-order valence-corrected chi connectivity index (χ1v) is 11.8. The van der Waals surface area contributed by atoms with Crippen LogP contribution < -0.4 is 5.43 Å². The van der Waals surface area contributed by atoms with E-state index in [0.29, 0.717) is 9.86 Å². The molecule has 156 valence electrons. The van der Waals surface area contributed by atoms with Crippen LogP contribution in [0.5, 0.6) is 0 Å². The van der Waals surface area contributed by atoms with Gasteiger partial charge in [-0.1, -0.05) is 34.1 Å². The molecule has 0 radical (unpaired) electrons. The SMILES string of the molecule is O=C(c1cc(=O)c2ccc(Br)cc2o1)N(Cc1ccccc1F)[C@H]1CCS(=O)(=O)C1. The zero-order chi connectivity index (χ0) is 21.5. The van der Waals surface area contributed by atoms with Gasteiger partial charge >= 0.3 is 0 Å². The second-order valence-electron chi connectivity index (χ2n) is 7.20. The van der Waals surface area contributed by atoms with E-state index in [-0.39, 0.29) is 41.4 Å². The van der Waals surface area contributed by atoms with Crippen molar-refractivity contribution in [1.82, 2.24) is 4.90 Å². The zero-order valence-corrected chi connectivity index (χ0v) is 18.1. The molecule has 0 N–H and O–H groups in total. The Morgan fingerprint density at radius 1 is 1.20 bits per heavy atom. The molecule has 2 aromatic carbocycles. The number of sulfone groups is 1. The summed E-state index contributed by atoms with van der Waals surface area (Å²) in [5.74, 6) is -1.63. The Kier molecular flexibility index (Phi) is 5.50. The fraction of sp³-hybridized carbons (Fsp3) is 0.238. The summed E-state index contributed by atoms with van der Waals surface area (Å²) in [7, 11) is -3.29. The van der Waals surface area contributed by atoms with Crippen molar-refractivity contribution in [3.05, 3.63) is 80.4 Å². The lowest BCUT2D eigenvalue weighted by Gasteiger charge is -2.28. The highest BCUT2D eigenvalue weighted by molar-refractivity contribution is 9.10. The molecule has 0 aliphatic carbocycles. The van der Waals surface area contributed by atoms with Crippen LogP contribution >= 0.6 is 15.9 Å².